The maximum atomic E-state index is 14.3. The average Bonchev–Trinajstić information content (AvgIpc) is 3.17. The van der Waals surface area contributed by atoms with Gasteiger partial charge in [0.05, 0.1) is 5.70 Å². The van der Waals surface area contributed by atoms with E-state index < -0.39 is 19.9 Å². The summed E-state index contributed by atoms with van der Waals surface area (Å²) in [5.41, 5.74) is 4.50. The summed E-state index contributed by atoms with van der Waals surface area (Å²) in [5, 5.41) is 1.80. The molecule has 2 nitrogen and oxygen atoms in total. The second-order valence-electron chi connectivity index (χ2n) is 8.86. The third-order valence-electron chi connectivity index (χ3n) is 5.17. The van der Waals surface area contributed by atoms with Gasteiger partial charge in [-0.05, 0) is 41.1 Å². The normalized spacial score (nSPS) is 18.5. The molecule has 0 bridgehead atoms. The van der Waals surface area contributed by atoms with E-state index in [1.54, 1.807) is 6.07 Å². The quantitative estimate of drug-likeness (QED) is 0.284. The van der Waals surface area contributed by atoms with E-state index in [-0.39, 0.29) is 21.3 Å². The van der Waals surface area contributed by atoms with Crippen LogP contribution in [0.25, 0.3) is 16.5 Å². The Kier molecular flexibility index (Phi) is 6.04. The number of rotatable bonds is 2. The van der Waals surface area contributed by atoms with E-state index in [1.165, 1.54) is 18.2 Å². The van der Waals surface area contributed by atoms with Gasteiger partial charge in [0.25, 0.3) is 0 Å². The maximum Gasteiger partial charge on any atom is 0.428 e. The van der Waals surface area contributed by atoms with Crippen LogP contribution in [0.5, 0.6) is 0 Å². The first-order valence-corrected chi connectivity index (χ1v) is 14.4. The molecule has 1 heterocycles. The van der Waals surface area contributed by atoms with Gasteiger partial charge in [-0.25, -0.2) is 0 Å². The van der Waals surface area contributed by atoms with Crippen molar-refractivity contribution in [2.24, 2.45) is 0 Å². The molecule has 4 rings (SSSR count). The van der Waals surface area contributed by atoms with E-state index in [2.05, 4.69) is 36.6 Å². The second-order valence-corrected chi connectivity index (χ2v) is 14.5. The molecule has 1 N–H and O–H groups in total. The third kappa shape index (κ3) is 4.64. The van der Waals surface area contributed by atoms with Gasteiger partial charge < -0.3 is 0 Å². The largest absolute Gasteiger partial charge is 0.428 e. The molecule has 8 heteroatoms. The Morgan fingerprint density at radius 3 is 2.18 bits per heavy atom. The Hall–Kier alpha value is -2.43. The van der Waals surface area contributed by atoms with Crippen molar-refractivity contribution in [2.45, 2.75) is 31.4 Å². The zero-order chi connectivity index (χ0) is 24.0. The van der Waals surface area contributed by atoms with Crippen molar-refractivity contribution in [2.75, 3.05) is 0 Å². The van der Waals surface area contributed by atoms with Gasteiger partial charge in [0.15, 0.2) is 0 Å². The van der Waals surface area contributed by atoms with E-state index in [0.717, 1.165) is 22.4 Å². The van der Waals surface area contributed by atoms with Crippen molar-refractivity contribution in [3.63, 3.8) is 0 Å². The number of benzene rings is 3. The molecular formula is C25H20Cl2F3NOSi. The van der Waals surface area contributed by atoms with Crippen LogP contribution in [0.4, 0.5) is 13.2 Å². The number of fused-ring (bicyclic) bond motifs is 1. The van der Waals surface area contributed by atoms with Gasteiger partial charge in [-0.1, -0.05) is 79.1 Å². The molecule has 1 atom stereocenters. The van der Waals surface area contributed by atoms with Crippen LogP contribution < -0.4 is 5.48 Å². The number of alkyl halides is 3. The molecule has 0 radical (unpaired) electrons. The van der Waals surface area contributed by atoms with Crippen LogP contribution in [0.15, 0.2) is 60.7 Å². The van der Waals surface area contributed by atoms with Crippen LogP contribution in [0.3, 0.4) is 0 Å². The Balaban J connectivity index is 1.89. The summed E-state index contributed by atoms with van der Waals surface area (Å²) < 4.78 is 43.0. The smallest absolute Gasteiger partial charge is 0.265 e. The van der Waals surface area contributed by atoms with Crippen LogP contribution >= 0.6 is 23.2 Å². The predicted molar refractivity (Wildman–Crippen MR) is 131 cm³/mol. The number of hydrogen-bond donors (Lipinski definition) is 1. The fourth-order valence-corrected chi connectivity index (χ4v) is 4.68. The first-order valence-electron chi connectivity index (χ1n) is 10.2. The number of hydroxylamine groups is 1. The third-order valence-corrected chi connectivity index (χ3v) is 6.48. The summed E-state index contributed by atoms with van der Waals surface area (Å²) >= 11 is 12.0. The molecule has 3 aromatic carbocycles. The molecule has 0 saturated heterocycles. The Morgan fingerprint density at radius 1 is 0.939 bits per heavy atom. The molecule has 1 aliphatic heterocycles. The van der Waals surface area contributed by atoms with Gasteiger partial charge >= 0.3 is 6.18 Å². The molecule has 0 amide bonds. The van der Waals surface area contributed by atoms with Gasteiger partial charge in [-0.3, -0.25) is 10.3 Å². The minimum Gasteiger partial charge on any atom is -0.265 e. The molecule has 0 fully saturated rings. The van der Waals surface area contributed by atoms with Gasteiger partial charge in [-0.2, -0.15) is 13.2 Å². The lowest BCUT2D eigenvalue weighted by atomic mass is 9.90. The lowest BCUT2D eigenvalue weighted by Crippen LogP contribution is -2.42. The highest BCUT2D eigenvalue weighted by Crippen LogP contribution is 2.48. The molecular weight excluding hydrogens is 486 g/mol. The lowest BCUT2D eigenvalue weighted by molar-refractivity contribution is -0.269. The van der Waals surface area contributed by atoms with Gasteiger partial charge in [0.1, 0.15) is 8.07 Å². The molecule has 1 unspecified atom stereocenters. The second kappa shape index (κ2) is 8.41. The fourth-order valence-electron chi connectivity index (χ4n) is 3.64. The van der Waals surface area contributed by atoms with E-state index in [1.807, 2.05) is 30.3 Å². The molecule has 170 valence electrons. The highest BCUT2D eigenvalue weighted by atomic mass is 35.5. The summed E-state index contributed by atoms with van der Waals surface area (Å²) in [6.07, 6.45) is -3.74. The zero-order valence-electron chi connectivity index (χ0n) is 18.1. The van der Waals surface area contributed by atoms with Gasteiger partial charge in [0, 0.05) is 26.7 Å². The van der Waals surface area contributed by atoms with Gasteiger partial charge in [0.2, 0.25) is 5.60 Å². The number of nitrogens with one attached hydrogen (secondary N) is 1. The molecule has 0 aromatic heterocycles. The van der Waals surface area contributed by atoms with Crippen molar-refractivity contribution in [1.82, 2.24) is 5.48 Å². The molecule has 0 saturated carbocycles. The standard InChI is InChI=1S/C25H20Cl2F3NOSi/c1-33(2,3)11-10-16-8-9-22(21-7-5-4-6-20(16)21)23-15-24(32-31-23,25(28,29)30)17-12-18(26)14-19(27)13-17/h4-9,12-15,31H,1-3H3. The zero-order valence-corrected chi connectivity index (χ0v) is 20.6. The Labute approximate surface area is 201 Å². The molecule has 0 aliphatic carbocycles. The number of hydrogen-bond acceptors (Lipinski definition) is 2. The SMILES string of the molecule is C[Si](C)(C)C#Cc1ccc(C2=CC(c3cc(Cl)cc(Cl)c3)(C(F)(F)F)ON2)c2ccccc12. The summed E-state index contributed by atoms with van der Waals surface area (Å²) in [7, 11) is -1.60. The topological polar surface area (TPSA) is 21.3 Å². The maximum absolute atomic E-state index is 14.3. The van der Waals surface area contributed by atoms with E-state index in [4.69, 9.17) is 28.0 Å². The minimum absolute atomic E-state index is 0.0855. The summed E-state index contributed by atoms with van der Waals surface area (Å²) in [5.74, 6) is 3.26. The predicted octanol–water partition coefficient (Wildman–Crippen LogP) is 7.71. The molecule has 1 aliphatic rings. The first-order chi connectivity index (χ1) is 15.4. The molecule has 33 heavy (non-hydrogen) atoms. The van der Waals surface area contributed by atoms with Crippen molar-refractivity contribution in [3.8, 4) is 11.5 Å². The molecule has 3 aromatic rings. The highest BCUT2D eigenvalue weighted by molar-refractivity contribution is 6.83. The van der Waals surface area contributed by atoms with Crippen LogP contribution in [0, 0.1) is 11.5 Å². The van der Waals surface area contributed by atoms with Crippen molar-refractivity contribution < 1.29 is 18.0 Å². The lowest BCUT2D eigenvalue weighted by Gasteiger charge is -2.28. The van der Waals surface area contributed by atoms with Crippen LogP contribution in [0.2, 0.25) is 29.7 Å². The van der Waals surface area contributed by atoms with E-state index >= 15 is 0 Å². The summed E-state index contributed by atoms with van der Waals surface area (Å²) in [6, 6.07) is 14.9. The van der Waals surface area contributed by atoms with Crippen molar-refractivity contribution in [3.05, 3.63) is 87.4 Å². The summed E-state index contributed by atoms with van der Waals surface area (Å²) in [4.78, 5) is 5.23. The monoisotopic (exact) mass is 505 g/mol. The Morgan fingerprint density at radius 2 is 1.58 bits per heavy atom. The summed E-state index contributed by atoms with van der Waals surface area (Å²) in [6.45, 7) is 6.46. The fraction of sp³-hybridized carbons (Fsp3) is 0.200. The number of halogens is 5. The highest BCUT2D eigenvalue weighted by Gasteiger charge is 2.59. The van der Waals surface area contributed by atoms with E-state index in [9.17, 15) is 13.2 Å². The average molecular weight is 506 g/mol. The first kappa shape index (κ1) is 23.7. The van der Waals surface area contributed by atoms with E-state index in [0.29, 0.717) is 5.56 Å². The van der Waals surface area contributed by atoms with Gasteiger partial charge in [-0.15, -0.1) is 5.54 Å². The Bertz CT molecular complexity index is 1320. The van der Waals surface area contributed by atoms with Crippen LogP contribution in [0.1, 0.15) is 16.7 Å². The van der Waals surface area contributed by atoms with Crippen LogP contribution in [-0.4, -0.2) is 14.3 Å². The van der Waals surface area contributed by atoms with Crippen molar-refractivity contribution >= 4 is 47.7 Å². The van der Waals surface area contributed by atoms with Crippen LogP contribution in [-0.2, 0) is 10.4 Å². The molecule has 0 spiro atoms. The minimum atomic E-state index is -4.77. The van der Waals surface area contributed by atoms with Crippen molar-refractivity contribution in [1.29, 1.82) is 0 Å².